The summed E-state index contributed by atoms with van der Waals surface area (Å²) in [6, 6.07) is 2.42. The molecule has 0 spiro atoms. The number of hydrogen-bond acceptors (Lipinski definition) is 3. The zero-order valence-corrected chi connectivity index (χ0v) is 10.6. The molecule has 0 amide bonds. The average Bonchev–Trinajstić information content (AvgIpc) is 2.86. The van der Waals surface area contributed by atoms with Crippen LogP contribution in [0.4, 0.5) is 0 Å². The third kappa shape index (κ3) is 2.55. The van der Waals surface area contributed by atoms with Crippen molar-refractivity contribution in [2.75, 3.05) is 0 Å². The normalized spacial score (nSPS) is 11.4. The first kappa shape index (κ1) is 11.9. The fourth-order valence-corrected chi connectivity index (χ4v) is 1.76. The van der Waals surface area contributed by atoms with E-state index in [4.69, 9.17) is 5.73 Å². The van der Waals surface area contributed by atoms with Crippen LogP contribution >= 0.6 is 0 Å². The predicted molar refractivity (Wildman–Crippen MR) is 66.6 cm³/mol. The van der Waals surface area contributed by atoms with Gasteiger partial charge in [-0.25, -0.2) is 0 Å². The summed E-state index contributed by atoms with van der Waals surface area (Å²) >= 11 is 0. The Bertz CT molecular complexity index is 495. The summed E-state index contributed by atoms with van der Waals surface area (Å²) in [5.74, 6) is 0. The van der Waals surface area contributed by atoms with E-state index in [1.165, 1.54) is 0 Å². The summed E-state index contributed by atoms with van der Waals surface area (Å²) in [5.41, 5.74) is 8.73. The van der Waals surface area contributed by atoms with Gasteiger partial charge >= 0.3 is 0 Å². The van der Waals surface area contributed by atoms with Crippen LogP contribution in [0.25, 0.3) is 0 Å². The Morgan fingerprint density at radius 3 is 2.65 bits per heavy atom. The van der Waals surface area contributed by atoms with E-state index < -0.39 is 0 Å². The van der Waals surface area contributed by atoms with Gasteiger partial charge in [-0.2, -0.15) is 10.2 Å². The quantitative estimate of drug-likeness (QED) is 0.870. The Balaban J connectivity index is 2.13. The maximum absolute atomic E-state index is 5.63. The Morgan fingerprint density at radius 1 is 1.35 bits per heavy atom. The predicted octanol–water partition coefficient (Wildman–Crippen LogP) is 1.48. The monoisotopic (exact) mass is 233 g/mol. The van der Waals surface area contributed by atoms with Crippen LogP contribution < -0.4 is 5.73 Å². The van der Waals surface area contributed by atoms with E-state index in [9.17, 15) is 0 Å². The summed E-state index contributed by atoms with van der Waals surface area (Å²) in [7, 11) is 0. The minimum absolute atomic E-state index is 0.391. The van der Waals surface area contributed by atoms with Crippen molar-refractivity contribution in [2.45, 2.75) is 39.9 Å². The smallest absolute Gasteiger partial charge is 0.0850 e. The van der Waals surface area contributed by atoms with Crippen LogP contribution in [-0.4, -0.2) is 19.6 Å². The van der Waals surface area contributed by atoms with Crippen LogP contribution in [0.3, 0.4) is 0 Å². The molecule has 2 N–H and O–H groups in total. The maximum atomic E-state index is 5.63. The van der Waals surface area contributed by atoms with E-state index in [0.717, 1.165) is 17.0 Å². The van der Waals surface area contributed by atoms with Crippen LogP contribution in [0, 0.1) is 6.92 Å². The molecule has 5 heteroatoms. The minimum Gasteiger partial charge on any atom is -0.326 e. The average molecular weight is 233 g/mol. The highest BCUT2D eigenvalue weighted by Crippen LogP contribution is 2.08. The molecule has 0 aromatic carbocycles. The lowest BCUT2D eigenvalue weighted by atomic mass is 10.3. The van der Waals surface area contributed by atoms with E-state index in [1.54, 1.807) is 0 Å². The van der Waals surface area contributed by atoms with Crippen LogP contribution in [0.1, 0.15) is 36.8 Å². The molecule has 5 nitrogen and oxygen atoms in total. The van der Waals surface area contributed by atoms with Gasteiger partial charge in [0.2, 0.25) is 0 Å². The van der Waals surface area contributed by atoms with Gasteiger partial charge in [0.1, 0.15) is 0 Å². The Labute approximate surface area is 101 Å². The Kier molecular flexibility index (Phi) is 3.28. The molecule has 2 aromatic heterocycles. The highest BCUT2D eigenvalue weighted by Gasteiger charge is 2.06. The molecule has 0 fully saturated rings. The molecule has 0 saturated heterocycles. The van der Waals surface area contributed by atoms with Crippen molar-refractivity contribution in [3.05, 3.63) is 35.4 Å². The van der Waals surface area contributed by atoms with Crippen molar-refractivity contribution in [3.63, 3.8) is 0 Å². The van der Waals surface area contributed by atoms with Gasteiger partial charge in [-0.05, 0) is 26.8 Å². The lowest BCUT2D eigenvalue weighted by molar-refractivity contribution is 0.520. The van der Waals surface area contributed by atoms with E-state index in [2.05, 4.69) is 24.0 Å². The molecule has 17 heavy (non-hydrogen) atoms. The van der Waals surface area contributed by atoms with Crippen LogP contribution in [-0.2, 0) is 13.1 Å². The highest BCUT2D eigenvalue weighted by atomic mass is 15.3. The molecule has 0 saturated carbocycles. The number of nitrogens with zero attached hydrogens (tertiary/aromatic N) is 4. The first-order valence-corrected chi connectivity index (χ1v) is 5.87. The van der Waals surface area contributed by atoms with E-state index >= 15 is 0 Å². The largest absolute Gasteiger partial charge is 0.326 e. The molecule has 0 radical (unpaired) electrons. The topological polar surface area (TPSA) is 61.7 Å². The standard InChI is InChI=1S/C12H19N5/c1-9(2)17-5-4-12(15-17)8-16-7-11(6-13)10(3)14-16/h4-5,7,9H,6,8,13H2,1-3H3. The van der Waals surface area contributed by atoms with Gasteiger partial charge in [0.05, 0.1) is 17.9 Å². The van der Waals surface area contributed by atoms with E-state index in [-0.39, 0.29) is 0 Å². The molecule has 2 rings (SSSR count). The van der Waals surface area contributed by atoms with Gasteiger partial charge in [-0.3, -0.25) is 9.36 Å². The molecule has 0 atom stereocenters. The Hall–Kier alpha value is -1.62. The molecule has 92 valence electrons. The number of aryl methyl sites for hydroxylation is 1. The summed E-state index contributed by atoms with van der Waals surface area (Å²) in [6.07, 6.45) is 3.99. The van der Waals surface area contributed by atoms with Crippen LogP contribution in [0.5, 0.6) is 0 Å². The second kappa shape index (κ2) is 4.71. The highest BCUT2D eigenvalue weighted by molar-refractivity contribution is 5.15. The van der Waals surface area contributed by atoms with Gasteiger partial charge in [0.15, 0.2) is 0 Å². The zero-order chi connectivity index (χ0) is 12.4. The van der Waals surface area contributed by atoms with Gasteiger partial charge < -0.3 is 5.73 Å². The molecular weight excluding hydrogens is 214 g/mol. The second-order valence-corrected chi connectivity index (χ2v) is 4.52. The van der Waals surface area contributed by atoms with Crippen molar-refractivity contribution >= 4 is 0 Å². The first-order valence-electron chi connectivity index (χ1n) is 5.87. The van der Waals surface area contributed by atoms with Crippen molar-refractivity contribution in [1.82, 2.24) is 19.6 Å². The molecule has 0 unspecified atom stereocenters. The zero-order valence-electron chi connectivity index (χ0n) is 10.6. The number of nitrogens with two attached hydrogens (primary N) is 1. The van der Waals surface area contributed by atoms with Crippen molar-refractivity contribution in [1.29, 1.82) is 0 Å². The summed E-state index contributed by atoms with van der Waals surface area (Å²) < 4.78 is 3.85. The molecule has 0 aliphatic heterocycles. The summed E-state index contributed by atoms with van der Waals surface area (Å²) in [4.78, 5) is 0. The van der Waals surface area contributed by atoms with Crippen LogP contribution in [0.15, 0.2) is 18.5 Å². The molecule has 2 aromatic rings. The summed E-state index contributed by atoms with van der Waals surface area (Å²) in [5, 5.41) is 8.91. The molecular formula is C12H19N5. The van der Waals surface area contributed by atoms with E-state index in [0.29, 0.717) is 19.1 Å². The maximum Gasteiger partial charge on any atom is 0.0850 e. The number of hydrogen-bond donors (Lipinski definition) is 1. The molecule has 0 bridgehead atoms. The fourth-order valence-electron chi connectivity index (χ4n) is 1.76. The third-order valence-electron chi connectivity index (χ3n) is 2.78. The van der Waals surface area contributed by atoms with Gasteiger partial charge in [-0.15, -0.1) is 0 Å². The minimum atomic E-state index is 0.391. The van der Waals surface area contributed by atoms with Crippen molar-refractivity contribution < 1.29 is 0 Å². The van der Waals surface area contributed by atoms with E-state index in [1.807, 2.05) is 34.7 Å². The first-order chi connectivity index (χ1) is 8.10. The van der Waals surface area contributed by atoms with Gasteiger partial charge in [0, 0.05) is 30.5 Å². The third-order valence-corrected chi connectivity index (χ3v) is 2.78. The lowest BCUT2D eigenvalue weighted by Crippen LogP contribution is -2.05. The van der Waals surface area contributed by atoms with Crippen molar-refractivity contribution in [2.24, 2.45) is 5.73 Å². The van der Waals surface area contributed by atoms with Crippen molar-refractivity contribution in [3.8, 4) is 0 Å². The molecule has 2 heterocycles. The number of rotatable bonds is 4. The second-order valence-electron chi connectivity index (χ2n) is 4.52. The molecule has 0 aliphatic carbocycles. The SMILES string of the molecule is Cc1nn(Cc2ccn(C(C)C)n2)cc1CN. The molecule has 0 aliphatic rings. The Morgan fingerprint density at radius 2 is 2.12 bits per heavy atom. The van der Waals surface area contributed by atoms with Crippen LogP contribution in [0.2, 0.25) is 0 Å². The number of aromatic nitrogens is 4. The van der Waals surface area contributed by atoms with Gasteiger partial charge in [-0.1, -0.05) is 0 Å². The summed E-state index contributed by atoms with van der Waals surface area (Å²) in [6.45, 7) is 7.43. The van der Waals surface area contributed by atoms with Gasteiger partial charge in [0.25, 0.3) is 0 Å². The lowest BCUT2D eigenvalue weighted by Gasteiger charge is -2.03. The fraction of sp³-hybridized carbons (Fsp3) is 0.500.